The zero-order chi connectivity index (χ0) is 18.6. The highest BCUT2D eigenvalue weighted by molar-refractivity contribution is 5.85. The minimum Gasteiger partial charge on any atom is -0.439 e. The van der Waals surface area contributed by atoms with Gasteiger partial charge in [-0.2, -0.15) is 0 Å². The number of pyridine rings is 1. The first-order chi connectivity index (χ1) is 13.1. The molecule has 3 heterocycles. The predicted molar refractivity (Wildman–Crippen MR) is 114 cm³/mol. The molecule has 2 atom stereocenters. The summed E-state index contributed by atoms with van der Waals surface area (Å²) in [5.74, 6) is 1.25. The van der Waals surface area contributed by atoms with Crippen LogP contribution in [0.4, 0.5) is 4.39 Å². The van der Waals surface area contributed by atoms with Crippen molar-refractivity contribution in [3.63, 3.8) is 0 Å². The van der Waals surface area contributed by atoms with Crippen molar-refractivity contribution in [2.24, 2.45) is 5.92 Å². The number of benzene rings is 1. The van der Waals surface area contributed by atoms with Crippen molar-refractivity contribution in [2.45, 2.75) is 50.7 Å². The molecule has 2 aliphatic rings. The minimum atomic E-state index is -0.307. The Hall–Kier alpha value is -1.89. The summed E-state index contributed by atoms with van der Waals surface area (Å²) in [5.41, 5.74) is 0.917. The Bertz CT molecular complexity index is 778. The van der Waals surface area contributed by atoms with Gasteiger partial charge in [-0.15, -0.1) is 24.8 Å². The molecule has 0 radical (unpaired) electrons. The lowest BCUT2D eigenvalue weighted by molar-refractivity contribution is -0.122. The van der Waals surface area contributed by atoms with E-state index in [4.69, 9.17) is 4.74 Å². The first-order valence-electron chi connectivity index (χ1n) is 9.55. The van der Waals surface area contributed by atoms with E-state index in [0.29, 0.717) is 42.6 Å². The van der Waals surface area contributed by atoms with Gasteiger partial charge in [0.2, 0.25) is 11.8 Å². The monoisotopic (exact) mass is 441 g/mol. The molecule has 2 fully saturated rings. The molecule has 1 amide bonds. The standard InChI is InChI=1S/C21H24FN3O2.2ClH/c22-16-2-6-19(7-3-16)27-21-8-1-14(13-24-21)12-23-20(26)11-15-9-17-4-5-18(10-15)25-17;;/h1-3,6-8,13,15,17-18,25H,4-5,9-12H2,(H,23,26);2*1H. The van der Waals surface area contributed by atoms with Crippen molar-refractivity contribution in [2.75, 3.05) is 0 Å². The number of carbonyl (C=O) groups excluding carboxylic acids is 1. The second kappa shape index (κ2) is 10.8. The second-order valence-corrected chi connectivity index (χ2v) is 7.52. The SMILES string of the molecule is Cl.Cl.O=C(CC1CC2CCC(C1)N2)NCc1ccc(Oc2ccc(F)cc2)nc1. The zero-order valence-electron chi connectivity index (χ0n) is 16.0. The van der Waals surface area contributed by atoms with Crippen LogP contribution in [0.1, 0.15) is 37.7 Å². The molecule has 2 aromatic rings. The van der Waals surface area contributed by atoms with Crippen LogP contribution in [0.15, 0.2) is 42.6 Å². The first kappa shape index (κ1) is 23.4. The minimum absolute atomic E-state index is 0. The number of hydrogen-bond acceptors (Lipinski definition) is 4. The summed E-state index contributed by atoms with van der Waals surface area (Å²) < 4.78 is 18.5. The summed E-state index contributed by atoms with van der Waals surface area (Å²) in [6.07, 6.45) is 7.02. The fourth-order valence-corrected chi connectivity index (χ4v) is 4.08. The Kier molecular flexibility index (Phi) is 8.68. The van der Waals surface area contributed by atoms with E-state index in [1.54, 1.807) is 24.4 Å². The number of carbonyl (C=O) groups is 1. The van der Waals surface area contributed by atoms with Gasteiger partial charge in [0, 0.05) is 37.3 Å². The number of fused-ring (bicyclic) bond motifs is 2. The molecule has 2 bridgehead atoms. The van der Waals surface area contributed by atoms with Crippen LogP contribution in [0, 0.1) is 11.7 Å². The van der Waals surface area contributed by atoms with Crippen LogP contribution in [0.25, 0.3) is 0 Å². The van der Waals surface area contributed by atoms with Gasteiger partial charge in [-0.25, -0.2) is 9.37 Å². The van der Waals surface area contributed by atoms with Gasteiger partial charge in [-0.1, -0.05) is 6.07 Å². The summed E-state index contributed by atoms with van der Waals surface area (Å²) in [6, 6.07) is 10.6. The highest BCUT2D eigenvalue weighted by Crippen LogP contribution is 2.32. The number of nitrogens with one attached hydrogen (secondary N) is 2. The van der Waals surface area contributed by atoms with Crippen molar-refractivity contribution in [1.82, 2.24) is 15.6 Å². The van der Waals surface area contributed by atoms with Crippen LogP contribution in [0.2, 0.25) is 0 Å². The number of aromatic nitrogens is 1. The number of ether oxygens (including phenoxy) is 1. The highest BCUT2D eigenvalue weighted by atomic mass is 35.5. The van der Waals surface area contributed by atoms with E-state index in [0.717, 1.165) is 18.4 Å². The van der Waals surface area contributed by atoms with E-state index < -0.39 is 0 Å². The third kappa shape index (κ3) is 6.56. The topological polar surface area (TPSA) is 63.2 Å². The van der Waals surface area contributed by atoms with Crippen LogP contribution in [-0.4, -0.2) is 23.0 Å². The molecule has 2 N–H and O–H groups in total. The third-order valence-electron chi connectivity index (χ3n) is 5.37. The van der Waals surface area contributed by atoms with Gasteiger partial charge in [0.05, 0.1) is 0 Å². The number of piperidine rings is 1. The molecule has 1 aromatic carbocycles. The van der Waals surface area contributed by atoms with Crippen LogP contribution in [-0.2, 0) is 11.3 Å². The van der Waals surface area contributed by atoms with Crippen molar-refractivity contribution < 1.29 is 13.9 Å². The van der Waals surface area contributed by atoms with Crippen LogP contribution in [0.3, 0.4) is 0 Å². The Labute approximate surface area is 182 Å². The number of hydrogen-bond donors (Lipinski definition) is 2. The lowest BCUT2D eigenvalue weighted by Gasteiger charge is -2.28. The number of amides is 1. The Balaban J connectivity index is 0.00000150. The van der Waals surface area contributed by atoms with Gasteiger partial charge in [-0.3, -0.25) is 4.79 Å². The van der Waals surface area contributed by atoms with Gasteiger partial charge >= 0.3 is 0 Å². The molecule has 0 aliphatic carbocycles. The van der Waals surface area contributed by atoms with E-state index in [-0.39, 0.29) is 36.5 Å². The Morgan fingerprint density at radius 1 is 1.10 bits per heavy atom. The normalized spacial score (nSPS) is 22.2. The molecule has 4 rings (SSSR count). The fourth-order valence-electron chi connectivity index (χ4n) is 4.08. The first-order valence-corrected chi connectivity index (χ1v) is 9.55. The average Bonchev–Trinajstić information content (AvgIpc) is 3.01. The average molecular weight is 442 g/mol. The largest absolute Gasteiger partial charge is 0.439 e. The van der Waals surface area contributed by atoms with Gasteiger partial charge in [0.15, 0.2) is 0 Å². The fraction of sp³-hybridized carbons (Fsp3) is 0.429. The number of nitrogens with zero attached hydrogens (tertiary/aromatic N) is 1. The van der Waals surface area contributed by atoms with Crippen molar-refractivity contribution in [3.8, 4) is 11.6 Å². The van der Waals surface area contributed by atoms with Crippen LogP contribution >= 0.6 is 24.8 Å². The van der Waals surface area contributed by atoms with Crippen LogP contribution in [0.5, 0.6) is 11.6 Å². The van der Waals surface area contributed by atoms with E-state index in [9.17, 15) is 9.18 Å². The van der Waals surface area contributed by atoms with Gasteiger partial charge < -0.3 is 15.4 Å². The molecule has 8 heteroatoms. The third-order valence-corrected chi connectivity index (χ3v) is 5.37. The molecule has 1 aromatic heterocycles. The maximum atomic E-state index is 12.9. The zero-order valence-corrected chi connectivity index (χ0v) is 17.6. The maximum absolute atomic E-state index is 12.9. The van der Waals surface area contributed by atoms with Crippen LogP contribution < -0.4 is 15.4 Å². The van der Waals surface area contributed by atoms with E-state index in [2.05, 4.69) is 15.6 Å². The molecule has 2 aliphatic heterocycles. The summed E-state index contributed by atoms with van der Waals surface area (Å²) in [7, 11) is 0. The molecule has 158 valence electrons. The molecular weight excluding hydrogens is 416 g/mol. The van der Waals surface area contributed by atoms with E-state index >= 15 is 0 Å². The lowest BCUT2D eigenvalue weighted by atomic mass is 9.89. The lowest BCUT2D eigenvalue weighted by Crippen LogP contribution is -2.39. The summed E-state index contributed by atoms with van der Waals surface area (Å²) in [6.45, 7) is 0.459. The predicted octanol–water partition coefficient (Wildman–Crippen LogP) is 4.39. The second-order valence-electron chi connectivity index (χ2n) is 7.52. The molecular formula is C21H26Cl2FN3O2. The van der Waals surface area contributed by atoms with Crippen molar-refractivity contribution in [3.05, 3.63) is 54.0 Å². The van der Waals surface area contributed by atoms with E-state index in [1.165, 1.54) is 25.0 Å². The summed E-state index contributed by atoms with van der Waals surface area (Å²) >= 11 is 0. The number of halogens is 3. The quantitative estimate of drug-likeness (QED) is 0.697. The highest BCUT2D eigenvalue weighted by Gasteiger charge is 2.34. The maximum Gasteiger partial charge on any atom is 0.220 e. The molecule has 2 unspecified atom stereocenters. The van der Waals surface area contributed by atoms with Gasteiger partial charge in [-0.05, 0) is 61.4 Å². The van der Waals surface area contributed by atoms with Crippen molar-refractivity contribution in [1.29, 1.82) is 0 Å². The molecule has 5 nitrogen and oxygen atoms in total. The Morgan fingerprint density at radius 2 is 1.79 bits per heavy atom. The molecule has 2 saturated heterocycles. The van der Waals surface area contributed by atoms with Crippen molar-refractivity contribution >= 4 is 30.7 Å². The summed E-state index contributed by atoms with van der Waals surface area (Å²) in [4.78, 5) is 16.5. The van der Waals surface area contributed by atoms with E-state index in [1.807, 2.05) is 6.07 Å². The molecule has 29 heavy (non-hydrogen) atoms. The summed E-state index contributed by atoms with van der Waals surface area (Å²) in [5, 5.41) is 6.60. The van der Waals surface area contributed by atoms with Gasteiger partial charge in [0.25, 0.3) is 0 Å². The number of rotatable bonds is 6. The molecule has 0 saturated carbocycles. The Morgan fingerprint density at radius 3 is 2.41 bits per heavy atom. The van der Waals surface area contributed by atoms with Gasteiger partial charge in [0.1, 0.15) is 11.6 Å². The smallest absolute Gasteiger partial charge is 0.220 e. The molecule has 0 spiro atoms.